The fraction of sp³-hybridized carbons (Fsp3) is 0.571. The molecule has 0 radical (unpaired) electrons. The Morgan fingerprint density at radius 3 is 2.53 bits per heavy atom. The van der Waals surface area contributed by atoms with Crippen molar-refractivity contribution >= 4 is 31.9 Å². The molecule has 2 atom stereocenters. The molecule has 0 bridgehead atoms. The summed E-state index contributed by atoms with van der Waals surface area (Å²) in [6.45, 7) is 7.80. The number of rotatable bonds is 3. The molecule has 1 aromatic carbocycles. The summed E-state index contributed by atoms with van der Waals surface area (Å²) < 4.78 is 2.29. The summed E-state index contributed by atoms with van der Waals surface area (Å²) in [6, 6.07) is 6.61. The summed E-state index contributed by atoms with van der Waals surface area (Å²) in [4.78, 5) is 0. The van der Waals surface area contributed by atoms with Crippen molar-refractivity contribution in [3.05, 3.63) is 32.7 Å². The molecule has 1 aliphatic rings. The second-order valence-corrected chi connectivity index (χ2v) is 7.62. The smallest absolute Gasteiger partial charge is 0.0320 e. The molecule has 1 aliphatic carbocycles. The maximum atomic E-state index is 3.59. The van der Waals surface area contributed by atoms with Gasteiger partial charge in [-0.15, -0.1) is 0 Å². The second kappa shape index (κ2) is 5.02. The predicted molar refractivity (Wildman–Crippen MR) is 80.4 cm³/mol. The van der Waals surface area contributed by atoms with Crippen molar-refractivity contribution in [1.29, 1.82) is 0 Å². The van der Waals surface area contributed by atoms with Gasteiger partial charge in [-0.2, -0.15) is 0 Å². The van der Waals surface area contributed by atoms with Crippen LogP contribution < -0.4 is 5.32 Å². The zero-order valence-corrected chi connectivity index (χ0v) is 13.7. The second-order valence-electron chi connectivity index (χ2n) is 5.91. The lowest BCUT2D eigenvalue weighted by molar-refractivity contribution is 0.414. The van der Waals surface area contributed by atoms with Gasteiger partial charge in [-0.25, -0.2) is 0 Å². The van der Waals surface area contributed by atoms with E-state index < -0.39 is 0 Å². The van der Waals surface area contributed by atoms with E-state index in [1.54, 1.807) is 0 Å². The van der Waals surface area contributed by atoms with Crippen LogP contribution in [0.1, 0.15) is 38.7 Å². The Morgan fingerprint density at radius 2 is 1.94 bits per heavy atom. The highest BCUT2D eigenvalue weighted by Crippen LogP contribution is 2.48. The molecule has 3 heteroatoms. The highest BCUT2D eigenvalue weighted by Gasteiger charge is 2.38. The Hall–Kier alpha value is 0.140. The summed E-state index contributed by atoms with van der Waals surface area (Å²) in [7, 11) is 0. The van der Waals surface area contributed by atoms with Crippen molar-refractivity contribution < 1.29 is 0 Å². The topological polar surface area (TPSA) is 12.0 Å². The lowest BCUT2D eigenvalue weighted by Crippen LogP contribution is -2.37. The molecule has 94 valence electrons. The molecule has 2 rings (SSSR count). The number of hydrogen-bond donors (Lipinski definition) is 1. The molecule has 0 heterocycles. The molecule has 1 N–H and O–H groups in total. The first-order valence-electron chi connectivity index (χ1n) is 6.07. The van der Waals surface area contributed by atoms with E-state index in [1.165, 1.54) is 12.0 Å². The Morgan fingerprint density at radius 1 is 1.24 bits per heavy atom. The Labute approximate surface area is 121 Å². The number of benzene rings is 1. The summed E-state index contributed by atoms with van der Waals surface area (Å²) in [5, 5.41) is 3.59. The average molecular weight is 361 g/mol. The van der Waals surface area contributed by atoms with Crippen molar-refractivity contribution in [2.45, 2.75) is 38.6 Å². The van der Waals surface area contributed by atoms with E-state index in [-0.39, 0.29) is 5.54 Å². The van der Waals surface area contributed by atoms with Gasteiger partial charge in [0.15, 0.2) is 0 Å². The van der Waals surface area contributed by atoms with Crippen LogP contribution in [-0.2, 0) is 0 Å². The van der Waals surface area contributed by atoms with Crippen molar-refractivity contribution in [3.63, 3.8) is 0 Å². The van der Waals surface area contributed by atoms with E-state index in [0.717, 1.165) is 27.3 Å². The van der Waals surface area contributed by atoms with Crippen molar-refractivity contribution in [3.8, 4) is 0 Å². The van der Waals surface area contributed by atoms with Gasteiger partial charge < -0.3 is 5.32 Å². The van der Waals surface area contributed by atoms with Gasteiger partial charge in [-0.1, -0.05) is 6.07 Å². The highest BCUT2D eigenvalue weighted by molar-refractivity contribution is 9.13. The number of halogens is 2. The maximum Gasteiger partial charge on any atom is 0.0320 e. The van der Waals surface area contributed by atoms with Crippen LogP contribution in [0.3, 0.4) is 0 Å². The van der Waals surface area contributed by atoms with E-state index in [4.69, 9.17) is 0 Å². The van der Waals surface area contributed by atoms with E-state index in [0.29, 0.717) is 0 Å². The molecular formula is C14H19Br2N. The van der Waals surface area contributed by atoms with E-state index in [1.807, 2.05) is 0 Å². The monoisotopic (exact) mass is 359 g/mol. The number of hydrogen-bond acceptors (Lipinski definition) is 1. The van der Waals surface area contributed by atoms with Gasteiger partial charge in [0.2, 0.25) is 0 Å². The minimum Gasteiger partial charge on any atom is -0.312 e. The summed E-state index contributed by atoms with van der Waals surface area (Å²) in [6.07, 6.45) is 1.32. The maximum absolute atomic E-state index is 3.59. The van der Waals surface area contributed by atoms with Crippen LogP contribution in [0.25, 0.3) is 0 Å². The van der Waals surface area contributed by atoms with Crippen LogP contribution >= 0.6 is 31.9 Å². The normalized spacial score (nSPS) is 23.8. The zero-order valence-electron chi connectivity index (χ0n) is 10.6. The Kier molecular flexibility index (Phi) is 4.01. The first-order valence-corrected chi connectivity index (χ1v) is 7.65. The number of nitrogens with one attached hydrogen (secondary N) is 1. The average Bonchev–Trinajstić information content (AvgIpc) is 2.97. The minimum atomic E-state index is 0.230. The first-order chi connectivity index (χ1) is 7.87. The summed E-state index contributed by atoms with van der Waals surface area (Å²) >= 11 is 7.08. The van der Waals surface area contributed by atoms with Crippen molar-refractivity contribution in [2.75, 3.05) is 6.54 Å². The van der Waals surface area contributed by atoms with E-state index >= 15 is 0 Å². The molecule has 0 saturated heterocycles. The minimum absolute atomic E-state index is 0.230. The Balaban J connectivity index is 1.92. The summed E-state index contributed by atoms with van der Waals surface area (Å²) in [5.74, 6) is 1.55. The van der Waals surface area contributed by atoms with E-state index in [9.17, 15) is 0 Å². The lowest BCUT2D eigenvalue weighted by atomic mass is 10.1. The fourth-order valence-electron chi connectivity index (χ4n) is 2.06. The fourth-order valence-corrected chi connectivity index (χ4v) is 2.70. The van der Waals surface area contributed by atoms with Gasteiger partial charge in [-0.3, -0.25) is 0 Å². The predicted octanol–water partition coefficient (Wildman–Crippen LogP) is 4.70. The van der Waals surface area contributed by atoms with Gasteiger partial charge in [0.1, 0.15) is 0 Å². The molecule has 0 amide bonds. The largest absolute Gasteiger partial charge is 0.312 e. The molecule has 0 spiro atoms. The van der Waals surface area contributed by atoms with Gasteiger partial charge in [0.25, 0.3) is 0 Å². The third-order valence-electron chi connectivity index (χ3n) is 3.19. The molecule has 2 unspecified atom stereocenters. The summed E-state index contributed by atoms with van der Waals surface area (Å²) in [5.41, 5.74) is 1.69. The van der Waals surface area contributed by atoms with Crippen LogP contribution in [-0.4, -0.2) is 12.1 Å². The molecule has 1 aromatic rings. The lowest BCUT2D eigenvalue weighted by Gasteiger charge is -2.20. The molecular weight excluding hydrogens is 342 g/mol. The van der Waals surface area contributed by atoms with Crippen molar-refractivity contribution in [2.24, 2.45) is 5.92 Å². The third-order valence-corrected chi connectivity index (χ3v) is 5.07. The zero-order chi connectivity index (χ0) is 12.6. The quantitative estimate of drug-likeness (QED) is 0.823. The van der Waals surface area contributed by atoms with Gasteiger partial charge in [-0.05, 0) is 95.1 Å². The van der Waals surface area contributed by atoms with Gasteiger partial charge in [0.05, 0.1) is 0 Å². The van der Waals surface area contributed by atoms with E-state index in [2.05, 4.69) is 76.1 Å². The van der Waals surface area contributed by atoms with Crippen LogP contribution in [0.4, 0.5) is 0 Å². The Bertz CT molecular complexity index is 409. The molecule has 1 saturated carbocycles. The molecule has 0 aliphatic heterocycles. The van der Waals surface area contributed by atoms with Crippen LogP contribution in [0, 0.1) is 5.92 Å². The standard InChI is InChI=1S/C14H19Br2N/c1-14(2,3)17-8-10-6-11(10)9-4-5-12(15)13(16)7-9/h4-5,7,10-11,17H,6,8H2,1-3H3. The third kappa shape index (κ3) is 3.80. The van der Waals surface area contributed by atoms with Crippen molar-refractivity contribution in [1.82, 2.24) is 5.32 Å². The molecule has 0 aromatic heterocycles. The van der Waals surface area contributed by atoms with Gasteiger partial charge >= 0.3 is 0 Å². The van der Waals surface area contributed by atoms with Crippen LogP contribution in [0.5, 0.6) is 0 Å². The first kappa shape index (κ1) is 13.6. The highest BCUT2D eigenvalue weighted by atomic mass is 79.9. The molecule has 1 fully saturated rings. The van der Waals surface area contributed by atoms with Crippen LogP contribution in [0.2, 0.25) is 0 Å². The van der Waals surface area contributed by atoms with Gasteiger partial charge in [0, 0.05) is 14.5 Å². The molecule has 1 nitrogen and oxygen atoms in total. The molecule has 17 heavy (non-hydrogen) atoms. The van der Waals surface area contributed by atoms with Crippen LogP contribution in [0.15, 0.2) is 27.1 Å². The SMILES string of the molecule is CC(C)(C)NCC1CC1c1ccc(Br)c(Br)c1.